The van der Waals surface area contributed by atoms with E-state index in [1.165, 1.54) is 19.4 Å². The molecule has 1 N–H and O–H groups in total. The van der Waals surface area contributed by atoms with Crippen LogP contribution in [0.15, 0.2) is 0 Å². The molecule has 70 valence electrons. The first-order chi connectivity index (χ1) is 5.79. The number of aliphatic hydroxyl groups excluding tert-OH is 1. The molecule has 12 heavy (non-hydrogen) atoms. The summed E-state index contributed by atoms with van der Waals surface area (Å²) in [6.45, 7) is 1.21. The van der Waals surface area contributed by atoms with Gasteiger partial charge in [-0.1, -0.05) is 21.6 Å². The van der Waals surface area contributed by atoms with Crippen LogP contribution < -0.4 is 0 Å². The zero-order chi connectivity index (χ0) is 8.55. The van der Waals surface area contributed by atoms with Gasteiger partial charge in [-0.05, 0) is 26.4 Å². The van der Waals surface area contributed by atoms with Gasteiger partial charge in [-0.15, -0.1) is 0 Å². The van der Waals surface area contributed by atoms with Gasteiger partial charge in [-0.3, -0.25) is 0 Å². The Balaban J connectivity index is 1.98. The number of hydrogen-bond donors (Lipinski definition) is 1. The van der Waals surface area contributed by atoms with Gasteiger partial charge in [0, 0.05) is 11.8 Å². The second-order valence-electron chi connectivity index (χ2n) is 3.60. The van der Waals surface area contributed by atoms with E-state index < -0.39 is 0 Å². The Labute approximate surface area is 81.5 Å². The molecule has 2 aliphatic heterocycles. The maximum atomic E-state index is 9.70. The molecule has 2 rings (SSSR count). The highest BCUT2D eigenvalue weighted by Gasteiger charge is 2.37. The van der Waals surface area contributed by atoms with Crippen molar-refractivity contribution in [3.8, 4) is 0 Å². The van der Waals surface area contributed by atoms with Crippen LogP contribution in [0.1, 0.15) is 12.8 Å². The third kappa shape index (κ3) is 1.62. The molecule has 3 atom stereocenters. The molecule has 0 aromatic carbocycles. The molecule has 0 spiro atoms. The topological polar surface area (TPSA) is 23.5 Å². The number of aliphatic hydroxyl groups is 1. The quantitative estimate of drug-likeness (QED) is 0.650. The van der Waals surface area contributed by atoms with E-state index in [1.54, 1.807) is 0 Å². The van der Waals surface area contributed by atoms with E-state index in [9.17, 15) is 5.11 Å². The predicted molar refractivity (Wildman–Crippen MR) is 55.5 cm³/mol. The highest BCUT2D eigenvalue weighted by molar-refractivity contribution is 8.77. The minimum absolute atomic E-state index is 0.0782. The van der Waals surface area contributed by atoms with Crippen molar-refractivity contribution in [3.63, 3.8) is 0 Å². The van der Waals surface area contributed by atoms with Gasteiger partial charge in [0.25, 0.3) is 0 Å². The Morgan fingerprint density at radius 1 is 1.50 bits per heavy atom. The van der Waals surface area contributed by atoms with E-state index in [1.807, 2.05) is 21.6 Å². The van der Waals surface area contributed by atoms with E-state index in [0.29, 0.717) is 11.3 Å². The Morgan fingerprint density at radius 2 is 2.33 bits per heavy atom. The fourth-order valence-corrected chi connectivity index (χ4v) is 5.31. The summed E-state index contributed by atoms with van der Waals surface area (Å²) < 4.78 is 0. The molecule has 0 aliphatic carbocycles. The lowest BCUT2D eigenvalue weighted by Crippen LogP contribution is -2.39. The summed E-state index contributed by atoms with van der Waals surface area (Å²) in [5.74, 6) is 0.916. The Kier molecular flexibility index (Phi) is 2.89. The second-order valence-corrected chi connectivity index (χ2v) is 6.19. The van der Waals surface area contributed by atoms with Gasteiger partial charge in [-0.25, -0.2) is 0 Å². The van der Waals surface area contributed by atoms with Gasteiger partial charge < -0.3 is 10.0 Å². The van der Waals surface area contributed by atoms with E-state index in [-0.39, 0.29) is 6.10 Å². The molecule has 2 heterocycles. The Hall–Kier alpha value is 0.620. The third-order valence-electron chi connectivity index (χ3n) is 2.75. The summed E-state index contributed by atoms with van der Waals surface area (Å²) in [5, 5.41) is 10.2. The monoisotopic (exact) mass is 205 g/mol. The average molecular weight is 205 g/mol. The maximum absolute atomic E-state index is 9.70. The lowest BCUT2D eigenvalue weighted by atomic mass is 10.1. The first-order valence-corrected chi connectivity index (χ1v) is 6.84. The molecule has 4 heteroatoms. The fraction of sp³-hybridized carbons (Fsp3) is 1.00. The summed E-state index contributed by atoms with van der Waals surface area (Å²) >= 11 is 0. The predicted octanol–water partition coefficient (Wildman–Crippen LogP) is 1.21. The number of likely N-dealkylation sites (tertiary alicyclic amines) is 1. The SMILES string of the molecule is CN1CCC[C@@H]1[C@@H]1SSC[C@H]1O. The minimum atomic E-state index is -0.0782. The van der Waals surface area contributed by atoms with Crippen LogP contribution in [0.3, 0.4) is 0 Å². The largest absolute Gasteiger partial charge is 0.391 e. The lowest BCUT2D eigenvalue weighted by molar-refractivity contribution is 0.159. The molecule has 0 unspecified atom stereocenters. The highest BCUT2D eigenvalue weighted by atomic mass is 33.1. The number of rotatable bonds is 1. The van der Waals surface area contributed by atoms with Crippen molar-refractivity contribution in [2.45, 2.75) is 30.2 Å². The van der Waals surface area contributed by atoms with Crippen LogP contribution in [0.2, 0.25) is 0 Å². The fourth-order valence-electron chi connectivity index (χ4n) is 2.02. The standard InChI is InChI=1S/C8H15NOS2/c1-9-4-2-3-6(9)8-7(10)5-11-12-8/h6-8,10H,2-5H2,1H3/t6-,7-,8+/m1/s1. The van der Waals surface area contributed by atoms with Crippen molar-refractivity contribution < 1.29 is 5.11 Å². The highest BCUT2D eigenvalue weighted by Crippen LogP contribution is 2.42. The van der Waals surface area contributed by atoms with E-state index in [4.69, 9.17) is 0 Å². The Bertz CT molecular complexity index is 149. The summed E-state index contributed by atoms with van der Waals surface area (Å²) in [4.78, 5) is 2.40. The average Bonchev–Trinajstić information content (AvgIpc) is 2.59. The Morgan fingerprint density at radius 3 is 2.83 bits per heavy atom. The summed E-state index contributed by atoms with van der Waals surface area (Å²) in [6.07, 6.45) is 2.49. The molecule has 2 aliphatic rings. The molecular formula is C8H15NOS2. The van der Waals surface area contributed by atoms with Gasteiger partial charge in [0.1, 0.15) is 0 Å². The van der Waals surface area contributed by atoms with Crippen LogP contribution in [0.25, 0.3) is 0 Å². The van der Waals surface area contributed by atoms with Gasteiger partial charge >= 0.3 is 0 Å². The molecule has 2 saturated heterocycles. The summed E-state index contributed by atoms with van der Waals surface area (Å²) in [7, 11) is 5.87. The van der Waals surface area contributed by atoms with Crippen LogP contribution in [0.5, 0.6) is 0 Å². The minimum Gasteiger partial charge on any atom is -0.391 e. The van der Waals surface area contributed by atoms with Crippen molar-refractivity contribution in [3.05, 3.63) is 0 Å². The second kappa shape index (κ2) is 3.78. The number of hydrogen-bond acceptors (Lipinski definition) is 4. The third-order valence-corrected chi connectivity index (χ3v) is 5.70. The molecule has 0 aromatic heterocycles. The lowest BCUT2D eigenvalue weighted by Gasteiger charge is -2.26. The van der Waals surface area contributed by atoms with E-state index in [2.05, 4.69) is 11.9 Å². The first kappa shape index (κ1) is 9.19. The smallest absolute Gasteiger partial charge is 0.0780 e. The molecule has 0 radical (unpaired) electrons. The maximum Gasteiger partial charge on any atom is 0.0780 e. The van der Waals surface area contributed by atoms with Crippen molar-refractivity contribution in [2.24, 2.45) is 0 Å². The van der Waals surface area contributed by atoms with Gasteiger partial charge in [0.15, 0.2) is 0 Å². The molecule has 2 fully saturated rings. The molecule has 0 aromatic rings. The van der Waals surface area contributed by atoms with Crippen LogP contribution in [-0.4, -0.2) is 46.7 Å². The van der Waals surface area contributed by atoms with Gasteiger partial charge in [0.05, 0.1) is 11.4 Å². The normalized spacial score (nSPS) is 44.0. The van der Waals surface area contributed by atoms with Crippen LogP contribution >= 0.6 is 21.6 Å². The zero-order valence-electron chi connectivity index (χ0n) is 7.27. The molecule has 0 bridgehead atoms. The van der Waals surface area contributed by atoms with Crippen LogP contribution in [-0.2, 0) is 0 Å². The molecule has 0 saturated carbocycles. The van der Waals surface area contributed by atoms with Crippen molar-refractivity contribution in [1.82, 2.24) is 4.90 Å². The first-order valence-electron chi connectivity index (χ1n) is 4.45. The van der Waals surface area contributed by atoms with Crippen molar-refractivity contribution >= 4 is 21.6 Å². The van der Waals surface area contributed by atoms with Crippen LogP contribution in [0.4, 0.5) is 0 Å². The zero-order valence-corrected chi connectivity index (χ0v) is 8.90. The van der Waals surface area contributed by atoms with Crippen molar-refractivity contribution in [2.75, 3.05) is 19.3 Å². The molecule has 0 amide bonds. The van der Waals surface area contributed by atoms with Crippen LogP contribution in [0, 0.1) is 0 Å². The molecular weight excluding hydrogens is 190 g/mol. The number of nitrogens with zero attached hydrogens (tertiary/aromatic N) is 1. The van der Waals surface area contributed by atoms with E-state index in [0.717, 1.165) is 5.75 Å². The van der Waals surface area contributed by atoms with Gasteiger partial charge in [-0.2, -0.15) is 0 Å². The summed E-state index contributed by atoms with van der Waals surface area (Å²) in [6, 6.07) is 0.625. The van der Waals surface area contributed by atoms with Crippen molar-refractivity contribution in [1.29, 1.82) is 0 Å². The van der Waals surface area contributed by atoms with E-state index >= 15 is 0 Å². The summed E-state index contributed by atoms with van der Waals surface area (Å²) in [5.41, 5.74) is 0. The van der Waals surface area contributed by atoms with Gasteiger partial charge in [0.2, 0.25) is 0 Å². The molecule has 2 nitrogen and oxygen atoms in total.